The first-order chi connectivity index (χ1) is 15.1. The molecule has 2 aromatic heterocycles. The number of para-hydroxylation sites is 1. The Bertz CT molecular complexity index is 1220. The Balaban J connectivity index is 1.78. The number of nitrogens with zero attached hydrogens (tertiary/aromatic N) is 4. The van der Waals surface area contributed by atoms with E-state index in [1.54, 1.807) is 0 Å². The Labute approximate surface area is 178 Å². The molecular formula is C22H24N8O. The van der Waals surface area contributed by atoms with Gasteiger partial charge in [0.15, 0.2) is 0 Å². The number of amides is 1. The van der Waals surface area contributed by atoms with Gasteiger partial charge in [-0.2, -0.15) is 10.3 Å². The fourth-order valence-corrected chi connectivity index (χ4v) is 4.79. The Morgan fingerprint density at radius 2 is 2.06 bits per heavy atom. The molecule has 0 radical (unpaired) electrons. The highest BCUT2D eigenvalue weighted by atomic mass is 16.1. The summed E-state index contributed by atoms with van der Waals surface area (Å²) in [6, 6.07) is 14.1. The van der Waals surface area contributed by atoms with Crippen LogP contribution in [0.25, 0.3) is 33.5 Å². The van der Waals surface area contributed by atoms with Crippen molar-refractivity contribution in [3.05, 3.63) is 48.0 Å². The second kappa shape index (κ2) is 7.59. The summed E-state index contributed by atoms with van der Waals surface area (Å²) >= 11 is 0. The van der Waals surface area contributed by atoms with Gasteiger partial charge in [-0.3, -0.25) is 9.89 Å². The highest BCUT2D eigenvalue weighted by Crippen LogP contribution is 2.45. The molecule has 9 heteroatoms. The number of carbonyl (C=O) groups excluding carboxylic acids is 1. The zero-order valence-electron chi connectivity index (χ0n) is 17.2. The van der Waals surface area contributed by atoms with E-state index in [1.807, 2.05) is 43.3 Å². The van der Waals surface area contributed by atoms with Crippen molar-refractivity contribution in [1.29, 1.82) is 0 Å². The predicted molar refractivity (Wildman–Crippen MR) is 117 cm³/mol. The molecule has 0 spiro atoms. The molecule has 158 valence electrons. The first kappa shape index (κ1) is 19.4. The second-order valence-electron chi connectivity index (χ2n) is 8.17. The zero-order valence-corrected chi connectivity index (χ0v) is 17.2. The Hall–Kier alpha value is -3.59. The van der Waals surface area contributed by atoms with Gasteiger partial charge in [0.1, 0.15) is 5.69 Å². The van der Waals surface area contributed by atoms with Gasteiger partial charge in [-0.25, -0.2) is 0 Å². The number of aromatic nitrogens is 6. The van der Waals surface area contributed by atoms with Crippen LogP contribution < -0.4 is 11.1 Å². The number of carbonyl (C=O) groups is 1. The number of nitrogens with one attached hydrogen (secondary N) is 3. The third-order valence-corrected chi connectivity index (χ3v) is 6.56. The molecule has 1 fully saturated rings. The number of H-pyrrole nitrogens is 2. The van der Waals surface area contributed by atoms with Crippen molar-refractivity contribution < 1.29 is 4.79 Å². The highest BCUT2D eigenvalue weighted by molar-refractivity contribution is 5.94. The SMILES string of the molecule is CC(C(N)=O)C1(c2cc(-c3nn[nH]n3)ccc2-c2n[nH]c3ccccc23)CCCNC1. The van der Waals surface area contributed by atoms with E-state index in [9.17, 15) is 4.79 Å². The van der Waals surface area contributed by atoms with E-state index in [-0.39, 0.29) is 11.8 Å². The molecule has 5 N–H and O–H groups in total. The molecule has 5 rings (SSSR count). The number of benzene rings is 2. The summed E-state index contributed by atoms with van der Waals surface area (Å²) in [5.41, 5.74) is 10.0. The Morgan fingerprint density at radius 1 is 1.19 bits per heavy atom. The summed E-state index contributed by atoms with van der Waals surface area (Å²) in [7, 11) is 0. The van der Waals surface area contributed by atoms with Crippen molar-refractivity contribution in [3.8, 4) is 22.6 Å². The number of tetrazole rings is 1. The number of nitrogens with two attached hydrogens (primary N) is 1. The summed E-state index contributed by atoms with van der Waals surface area (Å²) in [6.07, 6.45) is 1.79. The van der Waals surface area contributed by atoms with E-state index < -0.39 is 5.41 Å². The second-order valence-corrected chi connectivity index (χ2v) is 8.17. The van der Waals surface area contributed by atoms with Crippen LogP contribution in [0.5, 0.6) is 0 Å². The summed E-state index contributed by atoms with van der Waals surface area (Å²) < 4.78 is 0. The van der Waals surface area contributed by atoms with Crippen LogP contribution in [-0.2, 0) is 10.2 Å². The lowest BCUT2D eigenvalue weighted by atomic mass is 9.64. The molecule has 1 aliphatic rings. The topological polar surface area (TPSA) is 138 Å². The Kier molecular flexibility index (Phi) is 4.74. The van der Waals surface area contributed by atoms with Crippen LogP contribution >= 0.6 is 0 Å². The number of aromatic amines is 2. The molecule has 2 unspecified atom stereocenters. The standard InChI is InChI=1S/C22H24N8O/c1-13(20(23)31)22(9-4-10-24-12-22)17-11-14(21-27-29-30-28-21)7-8-15(17)19-16-5-2-3-6-18(16)25-26-19/h2-3,5-8,11,13,24H,4,9-10,12H2,1H3,(H2,23,31)(H,25,26)(H,27,28,29,30). The molecule has 0 aliphatic carbocycles. The highest BCUT2D eigenvalue weighted by Gasteiger charge is 2.43. The molecule has 0 saturated carbocycles. The number of rotatable bonds is 5. The lowest BCUT2D eigenvalue weighted by Gasteiger charge is -2.43. The fourth-order valence-electron chi connectivity index (χ4n) is 4.79. The predicted octanol–water partition coefficient (Wildman–Crippen LogP) is 2.15. The van der Waals surface area contributed by atoms with Crippen molar-refractivity contribution in [1.82, 2.24) is 36.1 Å². The molecule has 2 aromatic carbocycles. The van der Waals surface area contributed by atoms with Crippen molar-refractivity contribution >= 4 is 16.8 Å². The van der Waals surface area contributed by atoms with Crippen LogP contribution in [0.3, 0.4) is 0 Å². The Morgan fingerprint density at radius 3 is 2.81 bits per heavy atom. The molecule has 1 amide bonds. The lowest BCUT2D eigenvalue weighted by Crippen LogP contribution is -2.51. The number of hydrogen-bond acceptors (Lipinski definition) is 6. The van der Waals surface area contributed by atoms with Gasteiger partial charge >= 0.3 is 0 Å². The first-order valence-corrected chi connectivity index (χ1v) is 10.4. The maximum Gasteiger partial charge on any atom is 0.221 e. The van der Waals surface area contributed by atoms with Crippen LogP contribution in [0.4, 0.5) is 0 Å². The van der Waals surface area contributed by atoms with Crippen molar-refractivity contribution in [2.45, 2.75) is 25.2 Å². The van der Waals surface area contributed by atoms with Gasteiger partial charge in [-0.05, 0) is 42.3 Å². The van der Waals surface area contributed by atoms with E-state index in [1.165, 1.54) is 0 Å². The van der Waals surface area contributed by atoms with Crippen molar-refractivity contribution in [3.63, 3.8) is 0 Å². The molecule has 9 nitrogen and oxygen atoms in total. The number of piperidine rings is 1. The van der Waals surface area contributed by atoms with E-state index in [0.717, 1.165) is 52.7 Å². The molecule has 3 heterocycles. The van der Waals surface area contributed by atoms with E-state index in [0.29, 0.717) is 12.4 Å². The molecule has 0 bridgehead atoms. The smallest absolute Gasteiger partial charge is 0.221 e. The maximum atomic E-state index is 12.4. The molecular weight excluding hydrogens is 392 g/mol. The van der Waals surface area contributed by atoms with Gasteiger partial charge in [0.2, 0.25) is 11.7 Å². The lowest BCUT2D eigenvalue weighted by molar-refractivity contribution is -0.123. The summed E-state index contributed by atoms with van der Waals surface area (Å²) in [5, 5.41) is 26.8. The minimum Gasteiger partial charge on any atom is -0.369 e. The van der Waals surface area contributed by atoms with E-state index >= 15 is 0 Å². The third kappa shape index (κ3) is 3.17. The monoisotopic (exact) mass is 416 g/mol. The van der Waals surface area contributed by atoms with Crippen LogP contribution in [0.15, 0.2) is 42.5 Å². The average molecular weight is 416 g/mol. The zero-order chi connectivity index (χ0) is 21.4. The van der Waals surface area contributed by atoms with Gasteiger partial charge in [0.05, 0.1) is 5.52 Å². The van der Waals surface area contributed by atoms with Crippen LogP contribution in [0.1, 0.15) is 25.3 Å². The summed E-state index contributed by atoms with van der Waals surface area (Å²) in [6.45, 7) is 3.49. The minimum absolute atomic E-state index is 0.313. The molecule has 2 atom stereocenters. The van der Waals surface area contributed by atoms with Gasteiger partial charge in [0.25, 0.3) is 0 Å². The number of primary amides is 1. The van der Waals surface area contributed by atoms with Crippen LogP contribution in [0, 0.1) is 5.92 Å². The first-order valence-electron chi connectivity index (χ1n) is 10.4. The van der Waals surface area contributed by atoms with Gasteiger partial charge in [0, 0.05) is 34.4 Å². The quantitative estimate of drug-likeness (QED) is 0.393. The molecule has 1 saturated heterocycles. The van der Waals surface area contributed by atoms with Crippen molar-refractivity contribution in [2.24, 2.45) is 11.7 Å². The molecule has 4 aromatic rings. The van der Waals surface area contributed by atoms with Crippen LogP contribution in [0.2, 0.25) is 0 Å². The van der Waals surface area contributed by atoms with Crippen molar-refractivity contribution in [2.75, 3.05) is 13.1 Å². The third-order valence-electron chi connectivity index (χ3n) is 6.56. The minimum atomic E-state index is -0.473. The number of fused-ring (bicyclic) bond motifs is 1. The largest absolute Gasteiger partial charge is 0.369 e. The fraction of sp³-hybridized carbons (Fsp3) is 0.318. The summed E-state index contributed by atoms with van der Waals surface area (Å²) in [4.78, 5) is 12.4. The molecule has 31 heavy (non-hydrogen) atoms. The molecule has 1 aliphatic heterocycles. The summed E-state index contributed by atoms with van der Waals surface area (Å²) in [5.74, 6) is -0.179. The van der Waals surface area contributed by atoms with Gasteiger partial charge in [-0.1, -0.05) is 37.3 Å². The maximum absolute atomic E-state index is 12.4. The van der Waals surface area contributed by atoms with E-state index in [4.69, 9.17) is 5.73 Å². The van der Waals surface area contributed by atoms with E-state index in [2.05, 4.69) is 42.2 Å². The van der Waals surface area contributed by atoms with Gasteiger partial charge in [-0.15, -0.1) is 10.2 Å². The van der Waals surface area contributed by atoms with Crippen LogP contribution in [-0.4, -0.2) is 49.8 Å². The number of hydrogen-bond donors (Lipinski definition) is 4. The normalized spacial score (nSPS) is 20.0. The average Bonchev–Trinajstić information content (AvgIpc) is 3.49. The van der Waals surface area contributed by atoms with Gasteiger partial charge < -0.3 is 11.1 Å².